The molecule has 0 saturated carbocycles. The Bertz CT molecular complexity index is 1040. The number of carbonyl (C=O) groups excluding carboxylic acids is 1. The molecule has 3 aromatic heterocycles. The van der Waals surface area contributed by atoms with Crippen molar-refractivity contribution in [2.24, 2.45) is 5.73 Å². The normalized spacial score (nSPS) is 10.9. The second-order valence-corrected chi connectivity index (χ2v) is 6.25. The summed E-state index contributed by atoms with van der Waals surface area (Å²) < 4.78 is 0. The second-order valence-electron chi connectivity index (χ2n) is 5.36. The zero-order chi connectivity index (χ0) is 17.2. The lowest BCUT2D eigenvalue weighted by Crippen LogP contribution is -2.16. The van der Waals surface area contributed by atoms with Gasteiger partial charge < -0.3 is 11.1 Å². The van der Waals surface area contributed by atoms with Gasteiger partial charge in [-0.1, -0.05) is 6.07 Å². The van der Waals surface area contributed by atoms with Crippen LogP contribution in [-0.2, 0) is 6.54 Å². The molecule has 4 aromatic rings. The number of nitrogens with zero attached hydrogens (tertiary/aromatic N) is 3. The van der Waals surface area contributed by atoms with E-state index in [9.17, 15) is 4.79 Å². The summed E-state index contributed by atoms with van der Waals surface area (Å²) in [6.45, 7) is 0.263. The molecule has 0 atom stereocenters. The molecule has 4 rings (SSSR count). The lowest BCUT2D eigenvalue weighted by atomic mass is 10.0. The number of pyridine rings is 1. The van der Waals surface area contributed by atoms with Crippen LogP contribution in [0.2, 0.25) is 0 Å². The fraction of sp³-hybridized carbons (Fsp3) is 0.0588. The van der Waals surface area contributed by atoms with E-state index in [1.807, 2.05) is 17.5 Å². The number of benzene rings is 1. The van der Waals surface area contributed by atoms with Crippen molar-refractivity contribution in [1.29, 1.82) is 0 Å². The highest BCUT2D eigenvalue weighted by Crippen LogP contribution is 2.26. The highest BCUT2D eigenvalue weighted by atomic mass is 32.1. The number of fused-ring (bicyclic) bond motifs is 1. The number of rotatable bonds is 4. The standard InChI is InChI=1S/C17H14N6OS/c18-8-11-7-10(17-20-5-6-25-17)1-2-12(11)16(24)22-14-3-4-19-15-13(14)9-21-23-15/h1-7,9H,8,18H2,(H2,19,21,22,23,24). The van der Waals surface area contributed by atoms with Crippen LogP contribution in [0.5, 0.6) is 0 Å². The Labute approximate surface area is 146 Å². The van der Waals surface area contributed by atoms with Crippen molar-refractivity contribution < 1.29 is 4.79 Å². The molecule has 3 heterocycles. The number of nitrogens with two attached hydrogens (primary N) is 1. The summed E-state index contributed by atoms with van der Waals surface area (Å²) >= 11 is 1.54. The van der Waals surface area contributed by atoms with Crippen molar-refractivity contribution in [1.82, 2.24) is 20.2 Å². The topological polar surface area (TPSA) is 110 Å². The number of aromatic amines is 1. The number of carbonyl (C=O) groups is 1. The molecule has 0 radical (unpaired) electrons. The van der Waals surface area contributed by atoms with Gasteiger partial charge in [-0.25, -0.2) is 9.97 Å². The molecule has 4 N–H and O–H groups in total. The Morgan fingerprint density at radius 3 is 2.96 bits per heavy atom. The van der Waals surface area contributed by atoms with Crippen LogP contribution in [0.1, 0.15) is 15.9 Å². The second kappa shape index (κ2) is 6.42. The van der Waals surface area contributed by atoms with Gasteiger partial charge >= 0.3 is 0 Å². The number of H-pyrrole nitrogens is 1. The van der Waals surface area contributed by atoms with Crippen molar-refractivity contribution in [3.05, 3.63) is 59.4 Å². The van der Waals surface area contributed by atoms with Crippen LogP contribution in [0.3, 0.4) is 0 Å². The van der Waals surface area contributed by atoms with Crippen LogP contribution in [0.25, 0.3) is 21.6 Å². The number of hydrogen-bond acceptors (Lipinski definition) is 6. The molecule has 124 valence electrons. The van der Waals surface area contributed by atoms with Crippen LogP contribution in [0.15, 0.2) is 48.2 Å². The van der Waals surface area contributed by atoms with Crippen molar-refractivity contribution in [3.8, 4) is 10.6 Å². The number of hydrogen-bond donors (Lipinski definition) is 3. The third-order valence-corrected chi connectivity index (χ3v) is 4.67. The molecule has 1 aromatic carbocycles. The predicted molar refractivity (Wildman–Crippen MR) is 97.3 cm³/mol. The molecule has 7 nitrogen and oxygen atoms in total. The van der Waals surface area contributed by atoms with Gasteiger partial charge in [-0.05, 0) is 23.8 Å². The Hall–Kier alpha value is -3.10. The lowest BCUT2D eigenvalue weighted by Gasteiger charge is -2.11. The Kier molecular flexibility index (Phi) is 3.96. The van der Waals surface area contributed by atoms with Crippen molar-refractivity contribution in [2.45, 2.75) is 6.54 Å². The molecular formula is C17H14N6OS. The summed E-state index contributed by atoms with van der Waals surface area (Å²) in [5.41, 5.74) is 9.38. The molecule has 1 amide bonds. The quantitative estimate of drug-likeness (QED) is 0.524. The number of anilines is 1. The third-order valence-electron chi connectivity index (χ3n) is 3.85. The Morgan fingerprint density at radius 2 is 2.16 bits per heavy atom. The van der Waals surface area contributed by atoms with E-state index in [4.69, 9.17) is 5.73 Å². The fourth-order valence-electron chi connectivity index (χ4n) is 2.63. The first-order valence-electron chi connectivity index (χ1n) is 7.58. The van der Waals surface area contributed by atoms with Crippen LogP contribution in [0, 0.1) is 0 Å². The minimum Gasteiger partial charge on any atom is -0.326 e. The van der Waals surface area contributed by atoms with Gasteiger partial charge in [0.1, 0.15) is 5.01 Å². The van der Waals surface area contributed by atoms with Gasteiger partial charge in [0.05, 0.1) is 17.3 Å². The summed E-state index contributed by atoms with van der Waals surface area (Å²) in [7, 11) is 0. The van der Waals surface area contributed by atoms with E-state index in [-0.39, 0.29) is 12.5 Å². The van der Waals surface area contributed by atoms with Gasteiger partial charge in [-0.3, -0.25) is 9.89 Å². The van der Waals surface area contributed by atoms with E-state index < -0.39 is 0 Å². The molecule has 0 aliphatic heterocycles. The molecule has 8 heteroatoms. The van der Waals surface area contributed by atoms with E-state index in [0.717, 1.165) is 21.5 Å². The Balaban J connectivity index is 1.67. The molecule has 0 aliphatic carbocycles. The fourth-order valence-corrected chi connectivity index (χ4v) is 3.27. The molecule has 0 aliphatic rings. The average molecular weight is 350 g/mol. The van der Waals surface area contributed by atoms with Gasteiger partial charge in [0.15, 0.2) is 5.65 Å². The first-order valence-corrected chi connectivity index (χ1v) is 8.46. The molecule has 0 bridgehead atoms. The largest absolute Gasteiger partial charge is 0.326 e. The summed E-state index contributed by atoms with van der Waals surface area (Å²) in [6, 6.07) is 7.31. The first-order chi connectivity index (χ1) is 12.3. The van der Waals surface area contributed by atoms with Gasteiger partial charge in [0.25, 0.3) is 5.91 Å². The average Bonchev–Trinajstić information content (AvgIpc) is 3.33. The van der Waals surface area contributed by atoms with Gasteiger partial charge in [-0.2, -0.15) is 5.10 Å². The minimum atomic E-state index is -0.222. The van der Waals surface area contributed by atoms with E-state index in [1.54, 1.807) is 42.1 Å². The minimum absolute atomic E-state index is 0.222. The smallest absolute Gasteiger partial charge is 0.256 e. The molecular weight excluding hydrogens is 336 g/mol. The summed E-state index contributed by atoms with van der Waals surface area (Å²) in [6.07, 6.45) is 5.00. The van der Waals surface area contributed by atoms with Crippen LogP contribution in [-0.4, -0.2) is 26.1 Å². The zero-order valence-electron chi connectivity index (χ0n) is 13.1. The van der Waals surface area contributed by atoms with Crippen molar-refractivity contribution in [2.75, 3.05) is 5.32 Å². The SMILES string of the molecule is NCc1cc(-c2nccs2)ccc1C(=O)Nc1ccnc2[nH]ncc12. The van der Waals surface area contributed by atoms with Crippen molar-refractivity contribution >= 4 is 34.0 Å². The van der Waals surface area contributed by atoms with Gasteiger partial charge in [-0.15, -0.1) is 11.3 Å². The summed E-state index contributed by atoms with van der Waals surface area (Å²) in [5.74, 6) is -0.222. The molecule has 0 spiro atoms. The van der Waals surface area contributed by atoms with Crippen LogP contribution >= 0.6 is 11.3 Å². The van der Waals surface area contributed by atoms with Crippen molar-refractivity contribution in [3.63, 3.8) is 0 Å². The highest BCUT2D eigenvalue weighted by molar-refractivity contribution is 7.13. The van der Waals surface area contributed by atoms with Crippen LogP contribution < -0.4 is 11.1 Å². The molecule has 0 fully saturated rings. The third kappa shape index (κ3) is 2.88. The number of amides is 1. The maximum Gasteiger partial charge on any atom is 0.256 e. The number of thiazole rings is 1. The molecule has 25 heavy (non-hydrogen) atoms. The lowest BCUT2D eigenvalue weighted by molar-refractivity contribution is 0.102. The van der Waals surface area contributed by atoms with Crippen LogP contribution in [0.4, 0.5) is 5.69 Å². The van der Waals surface area contributed by atoms with Gasteiger partial charge in [0.2, 0.25) is 0 Å². The highest BCUT2D eigenvalue weighted by Gasteiger charge is 2.14. The first kappa shape index (κ1) is 15.4. The molecule has 0 unspecified atom stereocenters. The maximum absolute atomic E-state index is 12.7. The summed E-state index contributed by atoms with van der Waals surface area (Å²) in [4.78, 5) is 21.2. The summed E-state index contributed by atoms with van der Waals surface area (Å²) in [5, 5.41) is 13.2. The van der Waals surface area contributed by atoms with E-state index >= 15 is 0 Å². The number of aromatic nitrogens is 4. The predicted octanol–water partition coefficient (Wildman–Crippen LogP) is 2.79. The van der Waals surface area contributed by atoms with Gasteiger partial charge in [0, 0.05) is 35.4 Å². The number of nitrogens with one attached hydrogen (secondary N) is 2. The van der Waals surface area contributed by atoms with E-state index in [1.165, 1.54) is 0 Å². The zero-order valence-corrected chi connectivity index (χ0v) is 13.9. The van der Waals surface area contributed by atoms with E-state index in [2.05, 4.69) is 25.5 Å². The van der Waals surface area contributed by atoms with E-state index in [0.29, 0.717) is 16.9 Å². The maximum atomic E-state index is 12.7. The Morgan fingerprint density at radius 1 is 1.24 bits per heavy atom. The molecule has 0 saturated heterocycles. The monoisotopic (exact) mass is 350 g/mol.